The van der Waals surface area contributed by atoms with Gasteiger partial charge in [0, 0.05) is 43.9 Å². The van der Waals surface area contributed by atoms with Crippen molar-refractivity contribution in [3.05, 3.63) is 29.3 Å². The van der Waals surface area contributed by atoms with Gasteiger partial charge < -0.3 is 15.0 Å². The molecule has 1 heterocycles. The average molecular weight is 276 g/mol. The van der Waals surface area contributed by atoms with Crippen LogP contribution in [0.25, 0.3) is 0 Å². The molecule has 1 aliphatic heterocycles. The van der Waals surface area contributed by atoms with E-state index in [9.17, 15) is 4.79 Å². The third-order valence-corrected chi connectivity index (χ3v) is 3.93. The Morgan fingerprint density at radius 2 is 2.20 bits per heavy atom. The summed E-state index contributed by atoms with van der Waals surface area (Å²) in [6, 6.07) is 6.31. The van der Waals surface area contributed by atoms with Crippen LogP contribution < -0.4 is 5.32 Å². The van der Waals surface area contributed by atoms with Gasteiger partial charge in [-0.2, -0.15) is 0 Å². The van der Waals surface area contributed by atoms with Gasteiger partial charge in [0.1, 0.15) is 0 Å². The minimum absolute atomic E-state index is 0.0475. The number of hydrogen-bond donors (Lipinski definition) is 1. The van der Waals surface area contributed by atoms with Crippen molar-refractivity contribution in [1.82, 2.24) is 4.90 Å². The highest BCUT2D eigenvalue weighted by Gasteiger charge is 2.22. The summed E-state index contributed by atoms with van der Waals surface area (Å²) in [4.78, 5) is 13.6. The zero-order valence-corrected chi connectivity index (χ0v) is 12.8. The molecule has 0 aromatic heterocycles. The lowest BCUT2D eigenvalue weighted by atomic mass is 10.00. The van der Waals surface area contributed by atoms with Crippen molar-refractivity contribution in [2.24, 2.45) is 5.92 Å². The van der Waals surface area contributed by atoms with E-state index in [1.165, 1.54) is 0 Å². The number of nitrogens with one attached hydrogen (secondary N) is 1. The molecule has 2 atom stereocenters. The number of hydrogen-bond acceptors (Lipinski definition) is 3. The summed E-state index contributed by atoms with van der Waals surface area (Å²) in [5.74, 6) is 0.615. The number of carbonyl (C=O) groups excluding carboxylic acids is 1. The number of rotatable bonds is 4. The van der Waals surface area contributed by atoms with Crippen molar-refractivity contribution in [2.45, 2.75) is 26.3 Å². The van der Waals surface area contributed by atoms with Gasteiger partial charge in [-0.05, 0) is 44.0 Å². The molecule has 0 aliphatic carbocycles. The summed E-state index contributed by atoms with van der Waals surface area (Å²) >= 11 is 0. The van der Waals surface area contributed by atoms with Crippen LogP contribution in [0.4, 0.5) is 5.69 Å². The van der Waals surface area contributed by atoms with Crippen LogP contribution in [0, 0.1) is 12.8 Å². The Bertz CT molecular complexity index is 479. The maximum Gasteiger partial charge on any atom is 0.253 e. The maximum atomic E-state index is 12.0. The van der Waals surface area contributed by atoms with Gasteiger partial charge in [-0.1, -0.05) is 0 Å². The predicted octanol–water partition coefficient (Wildman–Crippen LogP) is 2.53. The highest BCUT2D eigenvalue weighted by Crippen LogP contribution is 2.22. The van der Waals surface area contributed by atoms with Crippen molar-refractivity contribution in [3.63, 3.8) is 0 Å². The van der Waals surface area contributed by atoms with Crippen molar-refractivity contribution in [3.8, 4) is 0 Å². The fourth-order valence-electron chi connectivity index (χ4n) is 2.56. The lowest BCUT2D eigenvalue weighted by Crippen LogP contribution is -2.26. The molecule has 1 aromatic carbocycles. The molecule has 0 spiro atoms. The van der Waals surface area contributed by atoms with Crippen LogP contribution in [-0.4, -0.2) is 44.2 Å². The third-order valence-electron chi connectivity index (χ3n) is 3.93. The highest BCUT2D eigenvalue weighted by molar-refractivity contribution is 5.95. The van der Waals surface area contributed by atoms with Crippen LogP contribution in [0.3, 0.4) is 0 Å². The van der Waals surface area contributed by atoms with Crippen molar-refractivity contribution in [1.29, 1.82) is 0 Å². The molecule has 0 unspecified atom stereocenters. The fraction of sp³-hybridized carbons (Fsp3) is 0.562. The number of anilines is 1. The van der Waals surface area contributed by atoms with E-state index in [1.807, 2.05) is 25.1 Å². The summed E-state index contributed by atoms with van der Waals surface area (Å²) in [5, 5.41) is 3.52. The van der Waals surface area contributed by atoms with Gasteiger partial charge in [-0.3, -0.25) is 4.79 Å². The average Bonchev–Trinajstić information content (AvgIpc) is 2.92. The van der Waals surface area contributed by atoms with Crippen molar-refractivity contribution < 1.29 is 9.53 Å². The molecule has 1 saturated heterocycles. The minimum Gasteiger partial charge on any atom is -0.382 e. The SMILES string of the molecule is Cc1cc(N[C@H](C)[C@H]2CCOC2)ccc1C(=O)N(C)C. The zero-order chi connectivity index (χ0) is 14.7. The molecule has 4 nitrogen and oxygen atoms in total. The van der Waals surface area contributed by atoms with Gasteiger partial charge in [-0.15, -0.1) is 0 Å². The topological polar surface area (TPSA) is 41.6 Å². The Kier molecular flexibility index (Phi) is 4.65. The van der Waals surface area contributed by atoms with Crippen LogP contribution in [-0.2, 0) is 4.74 Å². The smallest absolute Gasteiger partial charge is 0.253 e. The number of aryl methyl sites for hydroxylation is 1. The van der Waals surface area contributed by atoms with E-state index in [0.29, 0.717) is 12.0 Å². The lowest BCUT2D eigenvalue weighted by Gasteiger charge is -2.21. The predicted molar refractivity (Wildman–Crippen MR) is 81.2 cm³/mol. The summed E-state index contributed by atoms with van der Waals surface area (Å²) in [7, 11) is 3.55. The van der Waals surface area contributed by atoms with Crippen LogP contribution in [0.5, 0.6) is 0 Å². The number of ether oxygens (including phenoxy) is 1. The molecule has 4 heteroatoms. The quantitative estimate of drug-likeness (QED) is 0.919. The monoisotopic (exact) mass is 276 g/mol. The summed E-state index contributed by atoms with van der Waals surface area (Å²) in [5.41, 5.74) is 2.83. The van der Waals surface area contributed by atoms with Crippen LogP contribution in [0.2, 0.25) is 0 Å². The van der Waals surface area contributed by atoms with Crippen LogP contribution >= 0.6 is 0 Å². The zero-order valence-electron chi connectivity index (χ0n) is 12.8. The molecular formula is C16H24N2O2. The molecule has 20 heavy (non-hydrogen) atoms. The van der Waals surface area contributed by atoms with E-state index in [4.69, 9.17) is 4.74 Å². The van der Waals surface area contributed by atoms with Crippen molar-refractivity contribution in [2.75, 3.05) is 32.6 Å². The molecule has 0 saturated carbocycles. The van der Waals surface area contributed by atoms with E-state index in [2.05, 4.69) is 12.2 Å². The van der Waals surface area contributed by atoms with Gasteiger partial charge >= 0.3 is 0 Å². The molecule has 1 fully saturated rings. The Morgan fingerprint density at radius 1 is 1.45 bits per heavy atom. The largest absolute Gasteiger partial charge is 0.382 e. The molecule has 2 rings (SSSR count). The first-order valence-electron chi connectivity index (χ1n) is 7.15. The first kappa shape index (κ1) is 14.9. The van der Waals surface area contributed by atoms with Gasteiger partial charge in [0.25, 0.3) is 5.91 Å². The Morgan fingerprint density at radius 3 is 2.75 bits per heavy atom. The summed E-state index contributed by atoms with van der Waals surface area (Å²) < 4.78 is 5.43. The molecule has 0 bridgehead atoms. The van der Waals surface area contributed by atoms with Gasteiger partial charge in [0.15, 0.2) is 0 Å². The summed E-state index contributed by atoms with van der Waals surface area (Å²) in [6.07, 6.45) is 1.12. The Hall–Kier alpha value is -1.55. The lowest BCUT2D eigenvalue weighted by molar-refractivity contribution is 0.0827. The standard InChI is InChI=1S/C16H24N2O2/c1-11-9-14(5-6-15(11)16(19)18(3)4)17-12(2)13-7-8-20-10-13/h5-6,9,12-13,17H,7-8,10H2,1-4H3/t12-,13+/m1/s1. The molecule has 0 radical (unpaired) electrons. The van der Waals surface area contributed by atoms with E-state index < -0.39 is 0 Å². The molecule has 1 aromatic rings. The highest BCUT2D eigenvalue weighted by atomic mass is 16.5. The number of carbonyl (C=O) groups is 1. The van der Waals surface area contributed by atoms with Gasteiger partial charge in [0.05, 0.1) is 6.61 Å². The number of benzene rings is 1. The molecule has 1 N–H and O–H groups in total. The first-order chi connectivity index (χ1) is 9.49. The normalized spacial score (nSPS) is 19.7. The van der Waals surface area contributed by atoms with Crippen LogP contribution in [0.1, 0.15) is 29.3 Å². The van der Waals surface area contributed by atoms with Gasteiger partial charge in [-0.25, -0.2) is 0 Å². The Balaban J connectivity index is 2.06. The number of amides is 1. The van der Waals surface area contributed by atoms with Gasteiger partial charge in [0.2, 0.25) is 0 Å². The molecule has 110 valence electrons. The molecular weight excluding hydrogens is 252 g/mol. The van der Waals surface area contributed by atoms with E-state index >= 15 is 0 Å². The first-order valence-corrected chi connectivity index (χ1v) is 7.15. The Labute approximate surface area is 121 Å². The third kappa shape index (κ3) is 3.31. The molecule has 1 aliphatic rings. The second-order valence-electron chi connectivity index (χ2n) is 5.79. The summed E-state index contributed by atoms with van der Waals surface area (Å²) in [6.45, 7) is 5.87. The minimum atomic E-state index is 0.0475. The maximum absolute atomic E-state index is 12.0. The fourth-order valence-corrected chi connectivity index (χ4v) is 2.56. The van der Waals surface area contributed by atoms with E-state index in [1.54, 1.807) is 19.0 Å². The van der Waals surface area contributed by atoms with E-state index in [0.717, 1.165) is 36.4 Å². The van der Waals surface area contributed by atoms with E-state index in [-0.39, 0.29) is 5.91 Å². The number of nitrogens with zero attached hydrogens (tertiary/aromatic N) is 1. The second kappa shape index (κ2) is 6.27. The van der Waals surface area contributed by atoms with Crippen molar-refractivity contribution >= 4 is 11.6 Å². The molecule has 1 amide bonds. The van der Waals surface area contributed by atoms with Crippen LogP contribution in [0.15, 0.2) is 18.2 Å². The second-order valence-corrected chi connectivity index (χ2v) is 5.79.